The van der Waals surface area contributed by atoms with Crippen LogP contribution in [0.4, 0.5) is 0 Å². The second-order valence-corrected chi connectivity index (χ2v) is 5.32. The van der Waals surface area contributed by atoms with E-state index < -0.39 is 0 Å². The first kappa shape index (κ1) is 10.6. The van der Waals surface area contributed by atoms with Crippen LogP contribution < -0.4 is 0 Å². The summed E-state index contributed by atoms with van der Waals surface area (Å²) < 4.78 is 8.20. The molecule has 87 valence electrons. The van der Waals surface area contributed by atoms with Gasteiger partial charge in [0, 0.05) is 7.77 Å². The summed E-state index contributed by atoms with van der Waals surface area (Å²) in [4.78, 5) is 0. The molecular formula is C17H19. The Bertz CT molecular complexity index is 491. The number of hydrogen-bond acceptors (Lipinski definition) is 0. The van der Waals surface area contributed by atoms with Crippen LogP contribution in [-0.2, 0) is 5.41 Å². The molecule has 0 heterocycles. The third-order valence-electron chi connectivity index (χ3n) is 2.81. The topological polar surface area (TPSA) is 0 Å². The Hall–Kier alpha value is -1.56. The van der Waals surface area contributed by atoms with Crippen LogP contribution in [0.2, 0.25) is 0 Å². The largest absolute Gasteiger partial charge is 0.0622 e. The zero-order valence-electron chi connectivity index (χ0n) is 11.7. The molecule has 0 heteroatoms. The van der Waals surface area contributed by atoms with Gasteiger partial charge in [-0.25, -0.2) is 0 Å². The Balaban J connectivity index is 2.25. The van der Waals surface area contributed by atoms with Crippen LogP contribution in [0, 0.1) is 6.40 Å². The summed E-state index contributed by atoms with van der Waals surface area (Å²) in [5.41, 5.74) is 3.38. The molecule has 0 saturated carbocycles. The van der Waals surface area contributed by atoms with Crippen LogP contribution >= 0.6 is 0 Å². The lowest BCUT2D eigenvalue weighted by molar-refractivity contribution is 0.590. The molecule has 1 radical (unpaired) electrons. The summed E-state index contributed by atoms with van der Waals surface area (Å²) in [5, 5.41) is 0. The zero-order chi connectivity index (χ0) is 13.2. The van der Waals surface area contributed by atoms with Gasteiger partial charge in [0.05, 0.1) is 0 Å². The molecule has 0 saturated heterocycles. The van der Waals surface area contributed by atoms with E-state index in [1.54, 1.807) is 0 Å². The Morgan fingerprint density at radius 2 is 1.35 bits per heavy atom. The van der Waals surface area contributed by atoms with Crippen molar-refractivity contribution in [3.05, 3.63) is 77.7 Å². The molecule has 0 aliphatic rings. The lowest BCUT2D eigenvalue weighted by atomic mass is 9.86. The van der Waals surface area contributed by atoms with Gasteiger partial charge in [-0.1, -0.05) is 75.4 Å². The second kappa shape index (κ2) is 4.75. The van der Waals surface area contributed by atoms with Gasteiger partial charge >= 0.3 is 0 Å². The highest BCUT2D eigenvalue weighted by Gasteiger charge is 2.12. The molecule has 0 N–H and O–H groups in total. The van der Waals surface area contributed by atoms with E-state index >= 15 is 0 Å². The fraction of sp³-hybridized carbons (Fsp3) is 0.235. The van der Waals surface area contributed by atoms with Crippen molar-refractivity contribution in [2.45, 2.75) is 26.2 Å². The molecule has 0 aromatic heterocycles. The van der Waals surface area contributed by atoms with Gasteiger partial charge in [-0.15, -0.1) is 0 Å². The predicted molar refractivity (Wildman–Crippen MR) is 74.1 cm³/mol. The third kappa shape index (κ3) is 3.20. The van der Waals surface area contributed by atoms with Gasteiger partial charge in [0.2, 0.25) is 0 Å². The molecule has 0 aliphatic heterocycles. The molecule has 0 bridgehead atoms. The fourth-order valence-electron chi connectivity index (χ4n) is 1.74. The van der Waals surface area contributed by atoms with Crippen molar-refractivity contribution >= 4 is 0 Å². The smallest absolute Gasteiger partial charge is 0.0412 e. The van der Waals surface area contributed by atoms with Gasteiger partial charge < -0.3 is 0 Å². The van der Waals surface area contributed by atoms with Gasteiger partial charge in [-0.3, -0.25) is 0 Å². The molecule has 0 nitrogen and oxygen atoms in total. The lowest BCUT2D eigenvalue weighted by Crippen LogP contribution is -2.10. The minimum absolute atomic E-state index is 0.160. The van der Waals surface area contributed by atoms with Crippen molar-refractivity contribution < 1.29 is 1.37 Å². The standard InChI is InChI=1S/C17H19/c1-17(2,3)16-11-9-15(10-12-16)13-14-7-5-4-6-8-14/h4-13H,1-3H3/i13D. The molecule has 2 rings (SSSR count). The van der Waals surface area contributed by atoms with E-state index in [-0.39, 0.29) is 5.41 Å². The summed E-state index contributed by atoms with van der Waals surface area (Å²) in [7, 11) is 0. The van der Waals surface area contributed by atoms with Crippen LogP contribution in [0.15, 0.2) is 54.6 Å². The van der Waals surface area contributed by atoms with Crippen LogP contribution in [0.25, 0.3) is 0 Å². The molecule has 2 aromatic carbocycles. The first-order chi connectivity index (χ1) is 8.48. The highest BCUT2D eigenvalue weighted by molar-refractivity contribution is 5.39. The average molecular weight is 224 g/mol. The van der Waals surface area contributed by atoms with E-state index in [1.165, 1.54) is 5.56 Å². The van der Waals surface area contributed by atoms with E-state index in [9.17, 15) is 0 Å². The molecule has 0 amide bonds. The van der Waals surface area contributed by atoms with E-state index in [1.807, 2.05) is 42.5 Å². The fourth-order valence-corrected chi connectivity index (χ4v) is 1.74. The summed E-state index contributed by atoms with van der Waals surface area (Å²) in [6.45, 7) is 6.60. The Labute approximate surface area is 106 Å². The number of rotatable bonds is 2. The van der Waals surface area contributed by atoms with Gasteiger partial charge in [-0.2, -0.15) is 0 Å². The Morgan fingerprint density at radius 1 is 0.824 bits per heavy atom. The average Bonchev–Trinajstić information content (AvgIpc) is 2.38. The summed E-state index contributed by atoms with van der Waals surface area (Å²) in [6.07, 6.45) is 0.580. The van der Waals surface area contributed by atoms with E-state index in [4.69, 9.17) is 1.37 Å². The summed E-state index contributed by atoms with van der Waals surface area (Å²) in [5.74, 6) is 0. The van der Waals surface area contributed by atoms with Crippen LogP contribution in [0.3, 0.4) is 0 Å². The van der Waals surface area contributed by atoms with Gasteiger partial charge in [-0.05, 0) is 22.1 Å². The molecular weight excluding hydrogens is 204 g/mol. The molecule has 0 atom stereocenters. The van der Waals surface area contributed by atoms with Crippen molar-refractivity contribution in [1.82, 2.24) is 0 Å². The maximum Gasteiger partial charge on any atom is 0.0412 e. The lowest BCUT2D eigenvalue weighted by Gasteiger charge is -2.19. The van der Waals surface area contributed by atoms with E-state index in [0.717, 1.165) is 11.1 Å². The molecule has 2 aromatic rings. The molecule has 0 aliphatic carbocycles. The van der Waals surface area contributed by atoms with Crippen molar-refractivity contribution in [1.29, 1.82) is 0 Å². The van der Waals surface area contributed by atoms with Gasteiger partial charge in [0.15, 0.2) is 0 Å². The Morgan fingerprint density at radius 3 is 1.88 bits per heavy atom. The minimum atomic E-state index is 0.160. The maximum atomic E-state index is 8.20. The molecule has 0 fully saturated rings. The number of hydrogen-bond donors (Lipinski definition) is 0. The molecule has 17 heavy (non-hydrogen) atoms. The molecule has 0 unspecified atom stereocenters. The van der Waals surface area contributed by atoms with Crippen molar-refractivity contribution in [2.75, 3.05) is 0 Å². The number of benzene rings is 2. The third-order valence-corrected chi connectivity index (χ3v) is 2.81. The van der Waals surface area contributed by atoms with Crippen LogP contribution in [0.5, 0.6) is 0 Å². The Kier molecular flexibility index (Phi) is 2.96. The van der Waals surface area contributed by atoms with Gasteiger partial charge in [0.1, 0.15) is 0 Å². The SMILES string of the molecule is [2H][C](c1ccccc1)c1ccc(C(C)(C)C)cc1. The second-order valence-electron chi connectivity index (χ2n) is 5.32. The summed E-state index contributed by atoms with van der Waals surface area (Å²) in [6, 6.07) is 18.2. The monoisotopic (exact) mass is 224 g/mol. The highest BCUT2D eigenvalue weighted by atomic mass is 14.2. The van der Waals surface area contributed by atoms with Crippen molar-refractivity contribution in [3.63, 3.8) is 0 Å². The zero-order valence-corrected chi connectivity index (χ0v) is 10.7. The normalized spacial score (nSPS) is 12.6. The van der Waals surface area contributed by atoms with Gasteiger partial charge in [0.25, 0.3) is 0 Å². The van der Waals surface area contributed by atoms with Crippen molar-refractivity contribution in [3.8, 4) is 0 Å². The first-order valence-electron chi connectivity index (χ1n) is 6.48. The van der Waals surface area contributed by atoms with E-state index in [2.05, 4.69) is 32.9 Å². The highest BCUT2D eigenvalue weighted by Crippen LogP contribution is 2.23. The quantitative estimate of drug-likeness (QED) is 0.700. The minimum Gasteiger partial charge on any atom is -0.0622 e. The maximum absolute atomic E-state index is 8.20. The first-order valence-corrected chi connectivity index (χ1v) is 5.98. The van der Waals surface area contributed by atoms with Crippen molar-refractivity contribution in [2.24, 2.45) is 0 Å². The molecule has 0 spiro atoms. The van der Waals surface area contributed by atoms with E-state index in [0.29, 0.717) is 6.40 Å². The summed E-state index contributed by atoms with van der Waals surface area (Å²) >= 11 is 0. The van der Waals surface area contributed by atoms with Crippen LogP contribution in [0.1, 0.15) is 38.8 Å². The predicted octanol–water partition coefficient (Wildman–Crippen LogP) is 4.58. The van der Waals surface area contributed by atoms with Crippen LogP contribution in [-0.4, -0.2) is 0 Å².